The fraction of sp³-hybridized carbons (Fsp3) is 1.00. The van der Waals surface area contributed by atoms with Crippen LogP contribution in [0.5, 0.6) is 0 Å². The van der Waals surface area contributed by atoms with Crippen LogP contribution < -0.4 is 0 Å². The van der Waals surface area contributed by atoms with Crippen LogP contribution in [0.15, 0.2) is 0 Å². The molecule has 0 aromatic heterocycles. The second-order valence-corrected chi connectivity index (χ2v) is 20.2. The van der Waals surface area contributed by atoms with Crippen molar-refractivity contribution in [1.82, 2.24) is 0 Å². The molecule has 0 unspecified atom stereocenters. The van der Waals surface area contributed by atoms with E-state index in [1.807, 2.05) is 0 Å². The Labute approximate surface area is 206 Å². The number of hydrogen-bond donors (Lipinski definition) is 0. The third kappa shape index (κ3) is 47.6. The molecule has 0 heterocycles. The molecule has 0 amide bonds. The summed E-state index contributed by atoms with van der Waals surface area (Å²) in [4.78, 5) is 0. The van der Waals surface area contributed by atoms with E-state index in [4.69, 9.17) is 0 Å². The molecule has 0 rings (SSSR count). The topological polar surface area (TPSA) is 0 Å². The van der Waals surface area contributed by atoms with Crippen LogP contribution in [0.1, 0.15) is 119 Å². The molecule has 0 spiro atoms. The van der Waals surface area contributed by atoms with E-state index in [1.54, 1.807) is 26.6 Å². The quantitative estimate of drug-likeness (QED) is 0.0989. The molecule has 0 bridgehead atoms. The van der Waals surface area contributed by atoms with E-state index in [2.05, 4.69) is 41.5 Å². The SMILES string of the molecule is CCC[CH2][Sn][CH2]CCC.CCC[CH2][Sn][CH2]CCC.CCC[CH2][Sn][CH2]CCC. The standard InChI is InChI=1S/6C4H9.3Sn/c6*1-3-4-2;;;/h6*1,3-4H2,2H3;;;. The predicted octanol–water partition coefficient (Wildman–Crippen LogP) is 9.38. The van der Waals surface area contributed by atoms with Crippen molar-refractivity contribution in [2.75, 3.05) is 0 Å². The Morgan fingerprint density at radius 2 is 0.444 bits per heavy atom. The van der Waals surface area contributed by atoms with E-state index >= 15 is 0 Å². The first-order chi connectivity index (χ1) is 13.2. The minimum absolute atomic E-state index is 0.149. The van der Waals surface area contributed by atoms with Gasteiger partial charge in [-0.25, -0.2) is 0 Å². The van der Waals surface area contributed by atoms with E-state index < -0.39 is 0 Å². The van der Waals surface area contributed by atoms with Gasteiger partial charge in [0.05, 0.1) is 0 Å². The first-order valence-corrected chi connectivity index (χ1v) is 24.5. The van der Waals surface area contributed by atoms with Gasteiger partial charge in [0.25, 0.3) is 0 Å². The van der Waals surface area contributed by atoms with Crippen molar-refractivity contribution in [2.24, 2.45) is 0 Å². The average Bonchev–Trinajstić information content (AvgIpc) is 2.69. The van der Waals surface area contributed by atoms with Crippen LogP contribution in [-0.2, 0) is 0 Å². The molecule has 0 aliphatic heterocycles. The van der Waals surface area contributed by atoms with Crippen molar-refractivity contribution < 1.29 is 0 Å². The molecule has 6 radical (unpaired) electrons. The van der Waals surface area contributed by atoms with Gasteiger partial charge in [0.2, 0.25) is 0 Å². The molecule has 0 saturated carbocycles. The summed E-state index contributed by atoms with van der Waals surface area (Å²) in [6.07, 6.45) is 17.5. The van der Waals surface area contributed by atoms with Gasteiger partial charge < -0.3 is 0 Å². The van der Waals surface area contributed by atoms with Crippen LogP contribution in [0.3, 0.4) is 0 Å². The van der Waals surface area contributed by atoms with Gasteiger partial charge in [-0.05, 0) is 0 Å². The Hall–Kier alpha value is 2.40. The maximum atomic E-state index is 2.29. The first-order valence-electron chi connectivity index (χ1n) is 12.4. The van der Waals surface area contributed by atoms with Crippen LogP contribution >= 0.6 is 0 Å². The second-order valence-electron chi connectivity index (χ2n) is 7.37. The summed E-state index contributed by atoms with van der Waals surface area (Å²) >= 11 is 0.448. The van der Waals surface area contributed by atoms with Crippen molar-refractivity contribution in [2.45, 2.75) is 145 Å². The summed E-state index contributed by atoms with van der Waals surface area (Å²) in [6, 6.07) is 0. The Bertz CT molecular complexity index is 147. The van der Waals surface area contributed by atoms with Crippen molar-refractivity contribution in [1.29, 1.82) is 0 Å². The average molecular weight is 699 g/mol. The van der Waals surface area contributed by atoms with Gasteiger partial charge in [-0.2, -0.15) is 0 Å². The van der Waals surface area contributed by atoms with Crippen molar-refractivity contribution in [3.63, 3.8) is 0 Å². The van der Waals surface area contributed by atoms with E-state index in [9.17, 15) is 0 Å². The second kappa shape index (κ2) is 38.9. The van der Waals surface area contributed by atoms with Gasteiger partial charge in [-0.15, -0.1) is 0 Å². The summed E-state index contributed by atoms with van der Waals surface area (Å²) < 4.78 is 9.75. The Morgan fingerprint density at radius 3 is 0.556 bits per heavy atom. The van der Waals surface area contributed by atoms with Gasteiger partial charge in [-0.3, -0.25) is 0 Å². The molecule has 0 N–H and O–H groups in total. The van der Waals surface area contributed by atoms with E-state index in [0.717, 1.165) is 0 Å². The van der Waals surface area contributed by atoms with Gasteiger partial charge in [0, 0.05) is 0 Å². The molecule has 0 saturated heterocycles. The summed E-state index contributed by atoms with van der Waals surface area (Å²) in [5.41, 5.74) is 0. The zero-order valence-corrected chi connectivity index (χ0v) is 28.8. The Morgan fingerprint density at radius 1 is 0.296 bits per heavy atom. The summed E-state index contributed by atoms with van der Waals surface area (Å²) in [7, 11) is 0. The molecule has 27 heavy (non-hydrogen) atoms. The molecule has 0 fully saturated rings. The third-order valence-electron chi connectivity index (χ3n) is 4.24. The molecule has 0 atom stereocenters. The van der Waals surface area contributed by atoms with E-state index in [1.165, 1.54) is 77.0 Å². The number of unbranched alkanes of at least 4 members (excludes halogenated alkanes) is 6. The van der Waals surface area contributed by atoms with Crippen molar-refractivity contribution in [3.8, 4) is 0 Å². The molecule has 162 valence electrons. The minimum atomic E-state index is 0.149. The maximum absolute atomic E-state index is 2.29. The molecule has 0 nitrogen and oxygen atoms in total. The molecule has 0 aliphatic rings. The predicted molar refractivity (Wildman–Crippen MR) is 136 cm³/mol. The normalized spacial score (nSPS) is 10.0. The number of hydrogen-bond acceptors (Lipinski definition) is 0. The summed E-state index contributed by atoms with van der Waals surface area (Å²) in [5, 5.41) is 0. The Kier molecular flexibility index (Phi) is 49.1. The fourth-order valence-electron chi connectivity index (χ4n) is 2.19. The monoisotopic (exact) mass is 702 g/mol. The van der Waals surface area contributed by atoms with Crippen LogP contribution in [0.2, 0.25) is 26.6 Å². The van der Waals surface area contributed by atoms with Crippen LogP contribution in [0.25, 0.3) is 0 Å². The van der Waals surface area contributed by atoms with Crippen molar-refractivity contribution >= 4 is 63.4 Å². The molecule has 0 aromatic carbocycles. The van der Waals surface area contributed by atoms with Gasteiger partial charge in [0.1, 0.15) is 0 Å². The van der Waals surface area contributed by atoms with E-state index in [-0.39, 0.29) is 63.4 Å². The summed E-state index contributed by atoms with van der Waals surface area (Å²) in [5.74, 6) is 0. The van der Waals surface area contributed by atoms with Crippen molar-refractivity contribution in [3.05, 3.63) is 0 Å². The van der Waals surface area contributed by atoms with Gasteiger partial charge in [-0.1, -0.05) is 0 Å². The molecule has 3 heteroatoms. The summed E-state index contributed by atoms with van der Waals surface area (Å²) in [6.45, 7) is 13.7. The van der Waals surface area contributed by atoms with Crippen LogP contribution in [-0.4, -0.2) is 63.4 Å². The fourth-order valence-corrected chi connectivity index (χ4v) is 14.7. The molecular weight excluding hydrogens is 644 g/mol. The zero-order valence-electron chi connectivity index (χ0n) is 20.2. The number of rotatable bonds is 18. The molecular formula is C24H54Sn3. The Balaban J connectivity index is -0.000000320. The van der Waals surface area contributed by atoms with Crippen LogP contribution in [0, 0.1) is 0 Å². The molecule has 0 aromatic rings. The van der Waals surface area contributed by atoms with Crippen LogP contribution in [0.4, 0.5) is 0 Å². The third-order valence-corrected chi connectivity index (χ3v) is 16.4. The zero-order chi connectivity index (χ0) is 20.8. The molecule has 0 aliphatic carbocycles. The van der Waals surface area contributed by atoms with Gasteiger partial charge in [0.15, 0.2) is 0 Å². The van der Waals surface area contributed by atoms with E-state index in [0.29, 0.717) is 0 Å². The first kappa shape index (κ1) is 34.0. The van der Waals surface area contributed by atoms with Gasteiger partial charge >= 0.3 is 209 Å².